The topological polar surface area (TPSA) is 86.1 Å². The summed E-state index contributed by atoms with van der Waals surface area (Å²) in [4.78, 5) is 23.3. The maximum atomic E-state index is 11.9. The van der Waals surface area contributed by atoms with Crippen LogP contribution in [0.4, 0.5) is 5.69 Å². The van der Waals surface area contributed by atoms with Gasteiger partial charge in [0.05, 0.1) is 12.8 Å². The summed E-state index contributed by atoms with van der Waals surface area (Å²) in [5.74, 6) is -0.802. The summed E-state index contributed by atoms with van der Waals surface area (Å²) in [7, 11) is 0. The predicted molar refractivity (Wildman–Crippen MR) is 75.8 cm³/mol. The van der Waals surface area contributed by atoms with Crippen LogP contribution in [0.1, 0.15) is 23.0 Å². The number of carbonyl (C=O) groups is 2. The van der Waals surface area contributed by atoms with Crippen molar-refractivity contribution in [2.75, 3.05) is 11.9 Å². The molecule has 0 saturated heterocycles. The summed E-state index contributed by atoms with van der Waals surface area (Å²) in [5.41, 5.74) is 1.85. The minimum absolute atomic E-state index is 0.0274. The number of hydrogen-bond donors (Lipinski definition) is 1. The Balaban J connectivity index is 1.95. The van der Waals surface area contributed by atoms with Crippen molar-refractivity contribution < 1.29 is 14.3 Å². The first-order valence-corrected chi connectivity index (χ1v) is 6.52. The van der Waals surface area contributed by atoms with E-state index in [4.69, 9.17) is 4.74 Å². The van der Waals surface area contributed by atoms with Gasteiger partial charge in [-0.05, 0) is 31.5 Å². The lowest BCUT2D eigenvalue weighted by molar-refractivity contribution is -0.116. The van der Waals surface area contributed by atoms with Crippen molar-refractivity contribution in [2.45, 2.75) is 20.4 Å². The van der Waals surface area contributed by atoms with E-state index in [9.17, 15) is 9.59 Å². The van der Waals surface area contributed by atoms with E-state index >= 15 is 0 Å². The summed E-state index contributed by atoms with van der Waals surface area (Å²) in [6, 6.07) is 7.47. The maximum Gasteiger partial charge on any atom is 0.360 e. The summed E-state index contributed by atoms with van der Waals surface area (Å²) >= 11 is 0. The van der Waals surface area contributed by atoms with E-state index in [0.29, 0.717) is 5.69 Å². The molecule has 1 heterocycles. The molecule has 7 nitrogen and oxygen atoms in total. The molecule has 1 aromatic carbocycles. The van der Waals surface area contributed by atoms with E-state index in [-0.39, 0.29) is 24.8 Å². The second kappa shape index (κ2) is 6.65. The Kier molecular flexibility index (Phi) is 4.65. The molecule has 0 saturated carbocycles. The van der Waals surface area contributed by atoms with Crippen LogP contribution in [0.3, 0.4) is 0 Å². The minimum Gasteiger partial charge on any atom is -0.461 e. The number of esters is 1. The van der Waals surface area contributed by atoms with Crippen molar-refractivity contribution in [1.82, 2.24) is 15.0 Å². The predicted octanol–water partition coefficient (Wildman–Crippen LogP) is 1.40. The van der Waals surface area contributed by atoms with Crippen LogP contribution in [0.2, 0.25) is 0 Å². The highest BCUT2D eigenvalue weighted by Gasteiger charge is 2.13. The fraction of sp³-hybridized carbons (Fsp3) is 0.286. The third-order valence-electron chi connectivity index (χ3n) is 2.63. The Morgan fingerprint density at radius 1 is 1.38 bits per heavy atom. The molecule has 21 heavy (non-hydrogen) atoms. The zero-order chi connectivity index (χ0) is 15.2. The number of benzene rings is 1. The van der Waals surface area contributed by atoms with Crippen molar-refractivity contribution in [3.8, 4) is 0 Å². The van der Waals surface area contributed by atoms with Crippen molar-refractivity contribution in [3.63, 3.8) is 0 Å². The number of carbonyl (C=O) groups excluding carboxylic acids is 2. The molecule has 2 rings (SSSR count). The molecule has 0 radical (unpaired) electrons. The second-order valence-electron chi connectivity index (χ2n) is 4.44. The van der Waals surface area contributed by atoms with Crippen LogP contribution in [0, 0.1) is 6.92 Å². The van der Waals surface area contributed by atoms with E-state index in [1.807, 2.05) is 25.1 Å². The molecule has 0 unspecified atom stereocenters. The van der Waals surface area contributed by atoms with E-state index in [1.165, 1.54) is 10.9 Å². The Hall–Kier alpha value is -2.70. The normalized spacial score (nSPS) is 10.2. The lowest BCUT2D eigenvalue weighted by Gasteiger charge is -2.05. The summed E-state index contributed by atoms with van der Waals surface area (Å²) in [5, 5.41) is 10.1. The van der Waals surface area contributed by atoms with Crippen molar-refractivity contribution in [3.05, 3.63) is 41.7 Å². The molecule has 0 aliphatic heterocycles. The van der Waals surface area contributed by atoms with Crippen molar-refractivity contribution >= 4 is 17.6 Å². The number of aromatic nitrogens is 3. The van der Waals surface area contributed by atoms with Gasteiger partial charge in [-0.2, -0.15) is 0 Å². The van der Waals surface area contributed by atoms with E-state index < -0.39 is 5.97 Å². The molecule has 2 aromatic rings. The van der Waals surface area contributed by atoms with Crippen molar-refractivity contribution in [1.29, 1.82) is 0 Å². The van der Waals surface area contributed by atoms with Crippen LogP contribution in [0.5, 0.6) is 0 Å². The number of nitrogens with zero attached hydrogens (tertiary/aromatic N) is 3. The number of nitrogens with one attached hydrogen (secondary N) is 1. The first kappa shape index (κ1) is 14.7. The van der Waals surface area contributed by atoms with E-state index in [1.54, 1.807) is 13.0 Å². The average Bonchev–Trinajstić information content (AvgIpc) is 2.87. The molecule has 1 amide bonds. The van der Waals surface area contributed by atoms with Gasteiger partial charge < -0.3 is 10.1 Å². The Morgan fingerprint density at radius 2 is 2.19 bits per heavy atom. The molecule has 0 fully saturated rings. The highest BCUT2D eigenvalue weighted by Crippen LogP contribution is 2.09. The van der Waals surface area contributed by atoms with Crippen LogP contribution < -0.4 is 5.32 Å². The van der Waals surface area contributed by atoms with Gasteiger partial charge in [0.25, 0.3) is 0 Å². The van der Waals surface area contributed by atoms with Gasteiger partial charge in [0, 0.05) is 5.69 Å². The Morgan fingerprint density at radius 3 is 2.90 bits per heavy atom. The molecule has 0 aliphatic carbocycles. The Labute approximate surface area is 121 Å². The lowest BCUT2D eigenvalue weighted by atomic mass is 10.2. The van der Waals surface area contributed by atoms with Gasteiger partial charge in [-0.3, -0.25) is 4.79 Å². The molecule has 0 atom stereocenters. The lowest BCUT2D eigenvalue weighted by Crippen LogP contribution is -2.19. The highest BCUT2D eigenvalue weighted by atomic mass is 16.5. The molecular formula is C14H16N4O3. The third kappa shape index (κ3) is 4.13. The van der Waals surface area contributed by atoms with Gasteiger partial charge >= 0.3 is 5.97 Å². The molecule has 0 aliphatic rings. The standard InChI is InChI=1S/C14H16N4O3/c1-3-21-14(20)12-8-18(17-16-12)9-13(19)15-11-6-4-5-10(2)7-11/h4-8H,3,9H2,1-2H3,(H,15,19). The fourth-order valence-electron chi connectivity index (χ4n) is 1.74. The first-order chi connectivity index (χ1) is 10.1. The fourth-order valence-corrected chi connectivity index (χ4v) is 1.74. The van der Waals surface area contributed by atoms with Gasteiger partial charge in [0.2, 0.25) is 5.91 Å². The minimum atomic E-state index is -0.553. The largest absolute Gasteiger partial charge is 0.461 e. The van der Waals surface area contributed by atoms with Crippen LogP contribution in [0.25, 0.3) is 0 Å². The number of ether oxygens (including phenoxy) is 1. The number of aryl methyl sites for hydroxylation is 1. The number of amides is 1. The SMILES string of the molecule is CCOC(=O)c1cn(CC(=O)Nc2cccc(C)c2)nn1. The van der Waals surface area contributed by atoms with Gasteiger partial charge in [-0.1, -0.05) is 17.3 Å². The number of rotatable bonds is 5. The van der Waals surface area contributed by atoms with Crippen LogP contribution >= 0.6 is 0 Å². The zero-order valence-electron chi connectivity index (χ0n) is 11.9. The first-order valence-electron chi connectivity index (χ1n) is 6.52. The Bertz CT molecular complexity index is 651. The average molecular weight is 288 g/mol. The monoisotopic (exact) mass is 288 g/mol. The maximum absolute atomic E-state index is 11.9. The van der Waals surface area contributed by atoms with Crippen LogP contribution in [-0.4, -0.2) is 33.5 Å². The van der Waals surface area contributed by atoms with E-state index in [0.717, 1.165) is 5.56 Å². The van der Waals surface area contributed by atoms with Gasteiger partial charge in [-0.15, -0.1) is 5.10 Å². The van der Waals surface area contributed by atoms with E-state index in [2.05, 4.69) is 15.6 Å². The molecular weight excluding hydrogens is 272 g/mol. The number of hydrogen-bond acceptors (Lipinski definition) is 5. The smallest absolute Gasteiger partial charge is 0.360 e. The van der Waals surface area contributed by atoms with Crippen molar-refractivity contribution in [2.24, 2.45) is 0 Å². The summed E-state index contributed by atoms with van der Waals surface area (Å²) in [6.07, 6.45) is 1.38. The van der Waals surface area contributed by atoms with Gasteiger partial charge in [0.1, 0.15) is 6.54 Å². The zero-order valence-corrected chi connectivity index (χ0v) is 11.9. The summed E-state index contributed by atoms with van der Waals surface area (Å²) < 4.78 is 6.09. The van der Waals surface area contributed by atoms with Crippen LogP contribution in [0.15, 0.2) is 30.5 Å². The molecule has 110 valence electrons. The summed E-state index contributed by atoms with van der Waals surface area (Å²) in [6.45, 7) is 3.89. The highest BCUT2D eigenvalue weighted by molar-refractivity contribution is 5.91. The third-order valence-corrected chi connectivity index (χ3v) is 2.63. The molecule has 0 spiro atoms. The molecule has 1 aromatic heterocycles. The van der Waals surface area contributed by atoms with Gasteiger partial charge in [-0.25, -0.2) is 9.48 Å². The van der Waals surface area contributed by atoms with Gasteiger partial charge in [0.15, 0.2) is 5.69 Å². The second-order valence-corrected chi connectivity index (χ2v) is 4.44. The quantitative estimate of drug-likeness (QED) is 0.840. The molecule has 0 bridgehead atoms. The molecule has 1 N–H and O–H groups in total. The molecule has 7 heteroatoms. The van der Waals surface area contributed by atoms with Crippen LogP contribution in [-0.2, 0) is 16.1 Å². The number of anilines is 1.